The number of nitrogens with one attached hydrogen (secondary N) is 1. The third-order valence-corrected chi connectivity index (χ3v) is 6.51. The van der Waals surface area contributed by atoms with Gasteiger partial charge in [-0.15, -0.1) is 0 Å². The van der Waals surface area contributed by atoms with Gasteiger partial charge in [0.1, 0.15) is 23.5 Å². The number of piperidine rings is 1. The van der Waals surface area contributed by atoms with Crippen LogP contribution in [0.4, 0.5) is 23.0 Å². The lowest BCUT2D eigenvalue weighted by Crippen LogP contribution is -2.38. The molecule has 0 atom stereocenters. The summed E-state index contributed by atoms with van der Waals surface area (Å²) >= 11 is 6.00. The number of aromatic nitrogens is 2. The van der Waals surface area contributed by atoms with E-state index in [2.05, 4.69) is 33.3 Å². The van der Waals surface area contributed by atoms with Crippen LogP contribution in [0.2, 0.25) is 5.02 Å². The zero-order valence-corrected chi connectivity index (χ0v) is 21.3. The first-order chi connectivity index (χ1) is 17.5. The lowest BCUT2D eigenvalue weighted by molar-refractivity contribution is 0.170. The summed E-state index contributed by atoms with van der Waals surface area (Å²) in [6.45, 7) is 1.72. The second kappa shape index (κ2) is 10.9. The molecule has 184 valence electrons. The van der Waals surface area contributed by atoms with E-state index in [9.17, 15) is 0 Å². The highest BCUT2D eigenvalue weighted by Crippen LogP contribution is 2.29. The van der Waals surface area contributed by atoms with Crippen LogP contribution in [0.3, 0.4) is 0 Å². The van der Waals surface area contributed by atoms with Gasteiger partial charge in [0.15, 0.2) is 5.82 Å². The SMILES string of the molecule is CN(C)c1cccc(Nc2cc(N3CCC(Oc4ccc(Cl)cc4)CC3)nc(-c3ccccc3)n2)c1. The van der Waals surface area contributed by atoms with Crippen LogP contribution in [0, 0.1) is 0 Å². The van der Waals surface area contributed by atoms with Crippen molar-refractivity contribution in [3.63, 3.8) is 0 Å². The zero-order valence-electron chi connectivity index (χ0n) is 20.6. The van der Waals surface area contributed by atoms with Crippen molar-refractivity contribution < 1.29 is 4.74 Å². The minimum absolute atomic E-state index is 0.171. The van der Waals surface area contributed by atoms with Crippen molar-refractivity contribution in [2.24, 2.45) is 0 Å². The molecule has 1 N–H and O–H groups in total. The minimum atomic E-state index is 0.171. The lowest BCUT2D eigenvalue weighted by atomic mass is 10.1. The molecule has 1 saturated heterocycles. The van der Waals surface area contributed by atoms with E-state index in [-0.39, 0.29) is 6.10 Å². The number of halogens is 1. The predicted octanol–water partition coefficient (Wildman–Crippen LogP) is 6.65. The van der Waals surface area contributed by atoms with Crippen molar-refractivity contribution >= 4 is 34.6 Å². The second-order valence-corrected chi connectivity index (χ2v) is 9.57. The van der Waals surface area contributed by atoms with Gasteiger partial charge in [-0.1, -0.05) is 48.0 Å². The third-order valence-electron chi connectivity index (χ3n) is 6.26. The van der Waals surface area contributed by atoms with E-state index in [4.69, 9.17) is 26.3 Å². The highest BCUT2D eigenvalue weighted by Gasteiger charge is 2.23. The topological polar surface area (TPSA) is 53.5 Å². The standard InChI is InChI=1S/C29H30ClN5O/c1-34(2)24-10-6-9-23(19-24)31-27-20-28(33-29(32-27)21-7-4-3-5-8-21)35-17-15-26(16-18-35)36-25-13-11-22(30)12-14-25/h3-14,19-20,26H,15-18H2,1-2H3,(H,31,32,33). The molecule has 0 bridgehead atoms. The molecule has 6 nitrogen and oxygen atoms in total. The summed E-state index contributed by atoms with van der Waals surface area (Å²) in [6, 6.07) is 28.0. The summed E-state index contributed by atoms with van der Waals surface area (Å²) in [6.07, 6.45) is 2.01. The Kier molecular flexibility index (Phi) is 7.23. The van der Waals surface area contributed by atoms with Gasteiger partial charge in [-0.2, -0.15) is 0 Å². The molecule has 3 aromatic carbocycles. The number of hydrogen-bond acceptors (Lipinski definition) is 6. The summed E-state index contributed by atoms with van der Waals surface area (Å²) in [4.78, 5) is 14.2. The first-order valence-electron chi connectivity index (χ1n) is 12.2. The summed E-state index contributed by atoms with van der Waals surface area (Å²) in [7, 11) is 4.07. The van der Waals surface area contributed by atoms with Crippen LogP contribution in [0.1, 0.15) is 12.8 Å². The summed E-state index contributed by atoms with van der Waals surface area (Å²) in [5.41, 5.74) is 3.10. The molecule has 1 aromatic heterocycles. The number of hydrogen-bond donors (Lipinski definition) is 1. The Morgan fingerprint density at radius 2 is 1.64 bits per heavy atom. The molecule has 4 aromatic rings. The van der Waals surface area contributed by atoms with Crippen LogP contribution in [-0.4, -0.2) is 43.3 Å². The van der Waals surface area contributed by atoms with E-state index in [1.807, 2.05) is 80.8 Å². The van der Waals surface area contributed by atoms with Crippen LogP contribution in [0.25, 0.3) is 11.4 Å². The van der Waals surface area contributed by atoms with Gasteiger partial charge in [0, 0.05) is 68.1 Å². The highest BCUT2D eigenvalue weighted by atomic mass is 35.5. The number of benzene rings is 3. The molecule has 0 aliphatic carbocycles. The van der Waals surface area contributed by atoms with Crippen LogP contribution < -0.4 is 19.9 Å². The molecule has 0 radical (unpaired) electrons. The fourth-order valence-corrected chi connectivity index (χ4v) is 4.42. The van der Waals surface area contributed by atoms with E-state index >= 15 is 0 Å². The Bertz CT molecular complexity index is 1290. The second-order valence-electron chi connectivity index (χ2n) is 9.13. The quantitative estimate of drug-likeness (QED) is 0.307. The number of nitrogens with zero attached hydrogens (tertiary/aromatic N) is 4. The first-order valence-corrected chi connectivity index (χ1v) is 12.6. The van der Waals surface area contributed by atoms with E-state index in [1.54, 1.807) is 0 Å². The van der Waals surface area contributed by atoms with Crippen LogP contribution in [-0.2, 0) is 0 Å². The molecule has 7 heteroatoms. The molecular weight excluding hydrogens is 470 g/mol. The maximum atomic E-state index is 6.19. The maximum absolute atomic E-state index is 6.19. The maximum Gasteiger partial charge on any atom is 0.163 e. The van der Waals surface area contributed by atoms with Gasteiger partial charge in [-0.25, -0.2) is 9.97 Å². The van der Waals surface area contributed by atoms with Gasteiger partial charge in [0.05, 0.1) is 0 Å². The smallest absolute Gasteiger partial charge is 0.163 e. The molecule has 36 heavy (non-hydrogen) atoms. The van der Waals surface area contributed by atoms with Crippen molar-refractivity contribution in [2.45, 2.75) is 18.9 Å². The molecule has 1 aliphatic heterocycles. The first kappa shape index (κ1) is 23.9. The van der Waals surface area contributed by atoms with Gasteiger partial charge in [0.2, 0.25) is 0 Å². The molecule has 1 aliphatic rings. The Labute approximate surface area is 217 Å². The number of rotatable bonds is 7. The summed E-state index contributed by atoms with van der Waals surface area (Å²) in [5.74, 6) is 3.26. The van der Waals surface area contributed by atoms with Crippen LogP contribution >= 0.6 is 11.6 Å². The molecule has 0 spiro atoms. The molecule has 0 unspecified atom stereocenters. The van der Waals surface area contributed by atoms with Gasteiger partial charge in [-0.3, -0.25) is 0 Å². The summed E-state index contributed by atoms with van der Waals surface area (Å²) in [5, 5.41) is 4.21. The average molecular weight is 500 g/mol. The van der Waals surface area contributed by atoms with Crippen molar-refractivity contribution in [2.75, 3.05) is 42.3 Å². The van der Waals surface area contributed by atoms with Crippen LogP contribution in [0.5, 0.6) is 5.75 Å². The molecule has 1 fully saturated rings. The largest absolute Gasteiger partial charge is 0.490 e. The molecular formula is C29H30ClN5O. The van der Waals surface area contributed by atoms with Gasteiger partial charge < -0.3 is 19.9 Å². The van der Waals surface area contributed by atoms with E-state index in [1.165, 1.54) is 0 Å². The summed E-state index contributed by atoms with van der Waals surface area (Å²) < 4.78 is 6.19. The zero-order chi connectivity index (χ0) is 24.9. The Morgan fingerprint density at radius 1 is 0.889 bits per heavy atom. The van der Waals surface area contributed by atoms with E-state index in [0.29, 0.717) is 10.8 Å². The van der Waals surface area contributed by atoms with E-state index in [0.717, 1.165) is 60.3 Å². The van der Waals surface area contributed by atoms with Crippen LogP contribution in [0.15, 0.2) is 84.9 Å². The van der Waals surface area contributed by atoms with Crippen molar-refractivity contribution in [1.29, 1.82) is 0 Å². The highest BCUT2D eigenvalue weighted by molar-refractivity contribution is 6.30. The normalized spacial score (nSPS) is 13.9. The van der Waals surface area contributed by atoms with Crippen molar-refractivity contribution in [3.8, 4) is 17.1 Å². The number of anilines is 4. The number of ether oxygens (including phenoxy) is 1. The molecule has 5 rings (SSSR count). The van der Waals surface area contributed by atoms with Gasteiger partial charge in [0.25, 0.3) is 0 Å². The average Bonchev–Trinajstić information content (AvgIpc) is 2.91. The fourth-order valence-electron chi connectivity index (χ4n) is 4.29. The van der Waals surface area contributed by atoms with Gasteiger partial charge in [-0.05, 0) is 42.5 Å². The third kappa shape index (κ3) is 5.89. The minimum Gasteiger partial charge on any atom is -0.490 e. The molecule has 0 amide bonds. The lowest BCUT2D eigenvalue weighted by Gasteiger charge is -2.33. The Balaban J connectivity index is 1.36. The van der Waals surface area contributed by atoms with Crippen molar-refractivity contribution in [1.82, 2.24) is 9.97 Å². The molecule has 2 heterocycles. The monoisotopic (exact) mass is 499 g/mol. The fraction of sp³-hybridized carbons (Fsp3) is 0.241. The predicted molar refractivity (Wildman–Crippen MR) is 149 cm³/mol. The Morgan fingerprint density at radius 3 is 2.36 bits per heavy atom. The van der Waals surface area contributed by atoms with Gasteiger partial charge >= 0.3 is 0 Å². The van der Waals surface area contributed by atoms with E-state index < -0.39 is 0 Å². The Hall–Kier alpha value is -3.77. The molecule has 0 saturated carbocycles. The van der Waals surface area contributed by atoms with Crippen molar-refractivity contribution in [3.05, 3.63) is 90.0 Å².